The highest BCUT2D eigenvalue weighted by Gasteiger charge is 2.49. The highest BCUT2D eigenvalue weighted by Crippen LogP contribution is 2.44. The number of hydrogen-bond donors (Lipinski definition) is 0. The Morgan fingerprint density at radius 3 is 2.64 bits per heavy atom. The lowest BCUT2D eigenvalue weighted by molar-refractivity contribution is -0.570. The molecule has 0 spiro atoms. The van der Waals surface area contributed by atoms with Crippen molar-refractivity contribution in [3.8, 4) is 0 Å². The smallest absolute Gasteiger partial charge is 0.364 e. The van der Waals surface area contributed by atoms with Gasteiger partial charge in [0.05, 0.1) is 15.4 Å². The predicted octanol–water partition coefficient (Wildman–Crippen LogP) is 2.32. The van der Waals surface area contributed by atoms with Crippen LogP contribution in [0.15, 0.2) is 35.6 Å². The molecule has 1 aliphatic heterocycles. The molecule has 0 N–H and O–H groups in total. The summed E-state index contributed by atoms with van der Waals surface area (Å²) in [6.07, 6.45) is -0.00684. The Labute approximate surface area is 124 Å². The Morgan fingerprint density at radius 1 is 1.18 bits per heavy atom. The molecule has 2 atom stereocenters. The summed E-state index contributed by atoms with van der Waals surface area (Å²) >= 11 is 0. The molecule has 0 bridgehead atoms. The Kier molecular flexibility index (Phi) is 3.36. The van der Waals surface area contributed by atoms with Gasteiger partial charge in [-0.15, -0.1) is 0 Å². The van der Waals surface area contributed by atoms with E-state index < -0.39 is 22.0 Å². The average Bonchev–Trinajstić information content (AvgIpc) is 2.88. The minimum Gasteiger partial charge on any atom is -0.433 e. The van der Waals surface area contributed by atoms with Gasteiger partial charge >= 0.3 is 6.23 Å². The van der Waals surface area contributed by atoms with Crippen molar-refractivity contribution >= 4 is 11.5 Å². The van der Waals surface area contributed by atoms with Crippen molar-refractivity contribution in [3.63, 3.8) is 0 Å². The molecule has 0 saturated carbocycles. The maximum Gasteiger partial charge on any atom is 0.364 e. The van der Waals surface area contributed by atoms with E-state index in [1.807, 2.05) is 0 Å². The summed E-state index contributed by atoms with van der Waals surface area (Å²) in [5.41, 5.74) is 0.488. The first-order valence-corrected chi connectivity index (χ1v) is 6.80. The third-order valence-corrected chi connectivity index (χ3v) is 3.92. The van der Waals surface area contributed by atoms with Crippen LogP contribution in [0.25, 0.3) is 0 Å². The number of allylic oxidation sites excluding steroid dienone is 1. The van der Waals surface area contributed by atoms with Crippen molar-refractivity contribution in [1.29, 1.82) is 0 Å². The zero-order valence-electron chi connectivity index (χ0n) is 11.4. The first-order chi connectivity index (χ1) is 10.5. The molecule has 1 aliphatic carbocycles. The fourth-order valence-electron chi connectivity index (χ4n) is 2.99. The summed E-state index contributed by atoms with van der Waals surface area (Å²) in [7, 11) is 0. The number of non-ortho nitro benzene ring substituents is 1. The monoisotopic (exact) mass is 304 g/mol. The van der Waals surface area contributed by atoms with Crippen molar-refractivity contribution in [2.24, 2.45) is 0 Å². The van der Waals surface area contributed by atoms with Gasteiger partial charge in [0.2, 0.25) is 0 Å². The van der Waals surface area contributed by atoms with E-state index in [2.05, 4.69) is 0 Å². The molecule has 2 unspecified atom stereocenters. The van der Waals surface area contributed by atoms with E-state index >= 15 is 0 Å². The first-order valence-electron chi connectivity index (χ1n) is 6.80. The Bertz CT molecular complexity index is 711. The van der Waals surface area contributed by atoms with Crippen LogP contribution in [0.3, 0.4) is 0 Å². The van der Waals surface area contributed by atoms with E-state index in [1.165, 1.54) is 18.2 Å². The number of hydrogen-bond acceptors (Lipinski definition) is 6. The molecule has 8 heteroatoms. The first kappa shape index (κ1) is 14.2. The molecule has 8 nitrogen and oxygen atoms in total. The van der Waals surface area contributed by atoms with Crippen molar-refractivity contribution in [2.45, 2.75) is 31.4 Å². The van der Waals surface area contributed by atoms with Crippen LogP contribution in [0.1, 0.15) is 30.7 Å². The van der Waals surface area contributed by atoms with Crippen molar-refractivity contribution in [2.75, 3.05) is 0 Å². The van der Waals surface area contributed by atoms with E-state index in [4.69, 9.17) is 4.74 Å². The van der Waals surface area contributed by atoms with Gasteiger partial charge in [0.25, 0.3) is 5.69 Å². The maximum absolute atomic E-state index is 12.2. The Morgan fingerprint density at radius 2 is 1.95 bits per heavy atom. The summed E-state index contributed by atoms with van der Waals surface area (Å²) in [5.74, 6) is -0.714. The quantitative estimate of drug-likeness (QED) is 0.625. The minimum atomic E-state index is -1.41. The number of nitro benzene ring substituents is 1. The second-order valence-electron chi connectivity index (χ2n) is 5.24. The summed E-state index contributed by atoms with van der Waals surface area (Å²) in [4.78, 5) is 33.1. The lowest BCUT2D eigenvalue weighted by Gasteiger charge is -2.15. The van der Waals surface area contributed by atoms with Gasteiger partial charge in [0.1, 0.15) is 11.7 Å². The molecule has 0 radical (unpaired) electrons. The number of carbonyl (C=O) groups excluding carboxylic acids is 1. The molecule has 0 aromatic heterocycles. The number of benzene rings is 1. The molecule has 1 aromatic rings. The van der Waals surface area contributed by atoms with Crippen LogP contribution in [-0.4, -0.2) is 21.9 Å². The van der Waals surface area contributed by atoms with E-state index in [0.29, 0.717) is 36.2 Å². The van der Waals surface area contributed by atoms with Crippen LogP contribution >= 0.6 is 0 Å². The van der Waals surface area contributed by atoms with E-state index in [9.17, 15) is 25.0 Å². The number of nitrogens with zero attached hydrogens (tertiary/aromatic N) is 2. The number of Topliss-reactive ketones (excluding diaryl/α,β-unsaturated/α-hetero) is 1. The highest BCUT2D eigenvalue weighted by atomic mass is 16.7. The summed E-state index contributed by atoms with van der Waals surface area (Å²) < 4.78 is 5.35. The molecular weight excluding hydrogens is 292 g/mol. The molecule has 114 valence electrons. The van der Waals surface area contributed by atoms with Gasteiger partial charge in [-0.25, -0.2) is 0 Å². The molecule has 1 heterocycles. The second-order valence-corrected chi connectivity index (χ2v) is 5.24. The molecule has 0 saturated heterocycles. The second kappa shape index (κ2) is 5.21. The molecule has 0 fully saturated rings. The van der Waals surface area contributed by atoms with Crippen LogP contribution in [0.4, 0.5) is 5.69 Å². The predicted molar refractivity (Wildman–Crippen MR) is 73.6 cm³/mol. The van der Waals surface area contributed by atoms with E-state index in [1.54, 1.807) is 6.07 Å². The fraction of sp³-hybridized carbons (Fsp3) is 0.357. The summed E-state index contributed by atoms with van der Waals surface area (Å²) in [6, 6.07) is 5.58. The van der Waals surface area contributed by atoms with E-state index in [0.717, 1.165) is 0 Å². The van der Waals surface area contributed by atoms with Gasteiger partial charge < -0.3 is 4.74 Å². The van der Waals surface area contributed by atoms with Crippen LogP contribution in [0, 0.1) is 20.2 Å². The van der Waals surface area contributed by atoms with Crippen molar-refractivity contribution < 1.29 is 19.4 Å². The molecule has 3 rings (SSSR count). The molecule has 1 aromatic carbocycles. The van der Waals surface area contributed by atoms with Gasteiger partial charge in [-0.1, -0.05) is 12.1 Å². The molecule has 0 amide bonds. The third-order valence-electron chi connectivity index (χ3n) is 3.92. The molecule has 22 heavy (non-hydrogen) atoms. The standard InChI is InChI=1S/C14H12N2O6/c17-10-5-2-6-11-13(10)12(14(22-11)16(20)21)8-3-1-4-9(7-8)15(18)19/h1,3-4,7,12,14H,2,5-6H2. The van der Waals surface area contributed by atoms with Crippen LogP contribution in [0.2, 0.25) is 0 Å². The fourth-order valence-corrected chi connectivity index (χ4v) is 2.99. The highest BCUT2D eigenvalue weighted by molar-refractivity contribution is 5.98. The molecule has 2 aliphatic rings. The maximum atomic E-state index is 12.2. The third kappa shape index (κ3) is 2.22. The number of ether oxygens (including phenoxy) is 1. The minimum absolute atomic E-state index is 0.170. The number of ketones is 1. The topological polar surface area (TPSA) is 113 Å². The Hall–Kier alpha value is -2.77. The zero-order valence-corrected chi connectivity index (χ0v) is 11.4. The lowest BCUT2D eigenvalue weighted by atomic mass is 9.83. The van der Waals surface area contributed by atoms with Crippen LogP contribution in [0.5, 0.6) is 0 Å². The number of rotatable bonds is 3. The average molecular weight is 304 g/mol. The number of nitro groups is 2. The van der Waals surface area contributed by atoms with Crippen molar-refractivity contribution in [3.05, 3.63) is 61.4 Å². The van der Waals surface area contributed by atoms with Gasteiger partial charge in [0.15, 0.2) is 5.78 Å². The van der Waals surface area contributed by atoms with Crippen LogP contribution in [-0.2, 0) is 9.53 Å². The van der Waals surface area contributed by atoms with Gasteiger partial charge in [0, 0.05) is 25.0 Å². The van der Waals surface area contributed by atoms with Gasteiger partial charge in [-0.3, -0.25) is 25.0 Å². The molecular formula is C14H12N2O6. The Balaban J connectivity index is 2.09. The van der Waals surface area contributed by atoms with Gasteiger partial charge in [-0.05, 0) is 12.0 Å². The zero-order chi connectivity index (χ0) is 15.9. The summed E-state index contributed by atoms with van der Waals surface area (Å²) in [6.45, 7) is 0. The largest absolute Gasteiger partial charge is 0.433 e. The van der Waals surface area contributed by atoms with Crippen molar-refractivity contribution in [1.82, 2.24) is 0 Å². The normalized spacial score (nSPS) is 23.9. The number of carbonyl (C=O) groups is 1. The van der Waals surface area contributed by atoms with E-state index in [-0.39, 0.29) is 11.5 Å². The summed E-state index contributed by atoms with van der Waals surface area (Å²) in [5, 5.41) is 22.2. The lowest BCUT2D eigenvalue weighted by Crippen LogP contribution is -2.27. The van der Waals surface area contributed by atoms with Gasteiger partial charge in [-0.2, -0.15) is 0 Å². The SMILES string of the molecule is O=C1CCCC2=C1C(c1cccc([N+](=O)[O-])c1)C([N+](=O)[O-])O2. The van der Waals surface area contributed by atoms with Crippen LogP contribution < -0.4 is 0 Å².